The molecule has 9 heteroatoms. The Morgan fingerprint density at radius 1 is 1.67 bits per heavy atom. The number of aromatic carboxylic acids is 1. The molecule has 1 heterocycles. The van der Waals surface area contributed by atoms with Gasteiger partial charge in [0.15, 0.2) is 5.69 Å². The minimum absolute atomic E-state index is 0.0153. The third-order valence-corrected chi connectivity index (χ3v) is 3.87. The summed E-state index contributed by atoms with van der Waals surface area (Å²) < 4.78 is 26.2. The van der Waals surface area contributed by atoms with Crippen molar-refractivity contribution in [3.05, 3.63) is 11.4 Å². The van der Waals surface area contributed by atoms with E-state index < -0.39 is 32.6 Å². The van der Waals surface area contributed by atoms with Crippen LogP contribution >= 0.6 is 0 Å². The zero-order valence-corrected chi connectivity index (χ0v) is 10.6. The fraction of sp³-hybridized carbons (Fsp3) is 0.444. The Kier molecular flexibility index (Phi) is 4.05. The molecule has 0 amide bonds. The zero-order valence-electron chi connectivity index (χ0n) is 9.76. The Morgan fingerprint density at radius 3 is 2.78 bits per heavy atom. The van der Waals surface area contributed by atoms with Crippen molar-refractivity contribution in [2.45, 2.75) is 31.2 Å². The molecule has 0 radical (unpaired) electrons. The van der Waals surface area contributed by atoms with Gasteiger partial charge in [0.2, 0.25) is 10.0 Å². The smallest absolute Gasteiger partial charge is 0.357 e. The number of hydrogen-bond acceptors (Lipinski definition) is 5. The van der Waals surface area contributed by atoms with E-state index in [2.05, 4.69) is 14.9 Å². The van der Waals surface area contributed by atoms with Crippen molar-refractivity contribution in [1.29, 1.82) is 5.26 Å². The maximum atomic E-state index is 12.0. The predicted octanol–water partition coefficient (Wildman–Crippen LogP) is -0.00320. The summed E-state index contributed by atoms with van der Waals surface area (Å²) in [6.07, 6.45) is -0.0153. The Morgan fingerprint density at radius 2 is 2.28 bits per heavy atom. The molecule has 1 atom stereocenters. The molecule has 8 nitrogen and oxygen atoms in total. The van der Waals surface area contributed by atoms with Crippen LogP contribution in [0.3, 0.4) is 0 Å². The first kappa shape index (κ1) is 14.1. The van der Waals surface area contributed by atoms with E-state index in [0.717, 1.165) is 0 Å². The number of aryl methyl sites for hydroxylation is 1. The molecule has 0 aliphatic heterocycles. The van der Waals surface area contributed by atoms with Crippen molar-refractivity contribution in [3.63, 3.8) is 0 Å². The van der Waals surface area contributed by atoms with Crippen LogP contribution < -0.4 is 4.72 Å². The SMILES string of the molecule is Cc1[nH]nc(C(=O)O)c1S(=O)(=O)NC(C)CC#N. The van der Waals surface area contributed by atoms with Crippen molar-refractivity contribution in [2.75, 3.05) is 0 Å². The number of rotatable bonds is 5. The predicted molar refractivity (Wildman–Crippen MR) is 60.3 cm³/mol. The first-order chi connectivity index (χ1) is 8.29. The molecule has 0 aliphatic carbocycles. The normalized spacial score (nSPS) is 12.9. The molecule has 0 saturated carbocycles. The first-order valence-corrected chi connectivity index (χ1v) is 6.45. The third-order valence-electron chi connectivity index (χ3n) is 2.12. The van der Waals surface area contributed by atoms with Gasteiger partial charge < -0.3 is 5.11 Å². The van der Waals surface area contributed by atoms with Crippen LogP contribution in [0.15, 0.2) is 4.90 Å². The Labute approximate surface area is 104 Å². The lowest BCUT2D eigenvalue weighted by atomic mass is 10.3. The summed E-state index contributed by atoms with van der Waals surface area (Å²) in [6, 6.07) is 1.21. The second kappa shape index (κ2) is 5.16. The van der Waals surface area contributed by atoms with Crippen molar-refractivity contribution >= 4 is 16.0 Å². The van der Waals surface area contributed by atoms with E-state index in [9.17, 15) is 13.2 Å². The lowest BCUT2D eigenvalue weighted by Gasteiger charge is -2.10. The van der Waals surface area contributed by atoms with Gasteiger partial charge in [-0.3, -0.25) is 5.10 Å². The summed E-state index contributed by atoms with van der Waals surface area (Å²) in [4.78, 5) is 10.5. The number of carbonyl (C=O) groups is 1. The summed E-state index contributed by atoms with van der Waals surface area (Å²) >= 11 is 0. The highest BCUT2D eigenvalue weighted by Gasteiger charge is 2.29. The lowest BCUT2D eigenvalue weighted by molar-refractivity contribution is 0.0686. The molecule has 0 aromatic carbocycles. The topological polar surface area (TPSA) is 136 Å². The number of sulfonamides is 1. The van der Waals surface area contributed by atoms with Gasteiger partial charge in [0.05, 0.1) is 18.2 Å². The Bertz CT molecular complexity index is 599. The molecule has 1 aromatic rings. The molecule has 3 N–H and O–H groups in total. The number of nitrogens with one attached hydrogen (secondary N) is 2. The van der Waals surface area contributed by atoms with Crippen LogP contribution in [0.5, 0.6) is 0 Å². The molecule has 0 aliphatic rings. The van der Waals surface area contributed by atoms with Gasteiger partial charge in [0, 0.05) is 6.04 Å². The van der Waals surface area contributed by atoms with Gasteiger partial charge >= 0.3 is 5.97 Å². The molecule has 0 bridgehead atoms. The van der Waals surface area contributed by atoms with Crippen molar-refractivity contribution < 1.29 is 18.3 Å². The first-order valence-electron chi connectivity index (χ1n) is 4.97. The van der Waals surface area contributed by atoms with Gasteiger partial charge in [-0.15, -0.1) is 0 Å². The molecule has 18 heavy (non-hydrogen) atoms. The largest absolute Gasteiger partial charge is 0.476 e. The molecular formula is C9H12N4O4S. The van der Waals surface area contributed by atoms with E-state index in [1.54, 1.807) is 0 Å². The molecule has 0 spiro atoms. The van der Waals surface area contributed by atoms with Crippen LogP contribution in [-0.4, -0.2) is 35.7 Å². The molecule has 0 fully saturated rings. The minimum atomic E-state index is -4.02. The monoisotopic (exact) mass is 272 g/mol. The van der Waals surface area contributed by atoms with Crippen LogP contribution in [0.25, 0.3) is 0 Å². The number of aromatic amines is 1. The summed E-state index contributed by atoms with van der Waals surface area (Å²) in [5, 5.41) is 23.1. The van der Waals surface area contributed by atoms with E-state index in [0.29, 0.717) is 0 Å². The number of aromatic nitrogens is 2. The number of nitrogens with zero attached hydrogens (tertiary/aromatic N) is 2. The van der Waals surface area contributed by atoms with Gasteiger partial charge in [0.1, 0.15) is 4.90 Å². The van der Waals surface area contributed by atoms with Gasteiger partial charge in [-0.1, -0.05) is 0 Å². The van der Waals surface area contributed by atoms with E-state index in [-0.39, 0.29) is 12.1 Å². The number of H-pyrrole nitrogens is 1. The second-order valence-corrected chi connectivity index (χ2v) is 5.37. The van der Waals surface area contributed by atoms with Crippen molar-refractivity contribution in [2.24, 2.45) is 0 Å². The summed E-state index contributed by atoms with van der Waals surface area (Å²) in [5.74, 6) is -1.44. The number of carboxylic acid groups (broad SMARTS) is 1. The maximum Gasteiger partial charge on any atom is 0.357 e. The van der Waals surface area contributed by atoms with E-state index in [1.807, 2.05) is 6.07 Å². The van der Waals surface area contributed by atoms with Crippen LogP contribution in [0.1, 0.15) is 29.5 Å². The van der Waals surface area contributed by atoms with E-state index in [4.69, 9.17) is 10.4 Å². The standard InChI is InChI=1S/C9H12N4O4S/c1-5(3-4-10)13-18(16,17)8-6(2)11-12-7(8)9(14)15/h5,13H,3H2,1-2H3,(H,11,12)(H,14,15). The number of nitriles is 1. The van der Waals surface area contributed by atoms with Crippen molar-refractivity contribution in [3.8, 4) is 6.07 Å². The van der Waals surface area contributed by atoms with Crippen LogP contribution in [0.4, 0.5) is 0 Å². The fourth-order valence-electron chi connectivity index (χ4n) is 1.40. The molecule has 0 saturated heterocycles. The molecule has 98 valence electrons. The van der Waals surface area contributed by atoms with E-state index in [1.165, 1.54) is 13.8 Å². The minimum Gasteiger partial charge on any atom is -0.476 e. The number of hydrogen-bond donors (Lipinski definition) is 3. The Balaban J connectivity index is 3.17. The summed E-state index contributed by atoms with van der Waals surface area (Å²) in [6.45, 7) is 2.92. The Hall–Kier alpha value is -1.92. The van der Waals surface area contributed by atoms with Gasteiger partial charge in [0.25, 0.3) is 0 Å². The average Bonchev–Trinajstić information content (AvgIpc) is 2.60. The molecule has 1 aromatic heterocycles. The molecule has 1 rings (SSSR count). The molecule has 1 unspecified atom stereocenters. The zero-order chi connectivity index (χ0) is 13.9. The second-order valence-electron chi connectivity index (χ2n) is 3.72. The highest BCUT2D eigenvalue weighted by molar-refractivity contribution is 7.89. The summed E-state index contributed by atoms with van der Waals surface area (Å²) in [7, 11) is -4.02. The van der Waals surface area contributed by atoms with Gasteiger partial charge in [-0.25, -0.2) is 17.9 Å². The maximum absolute atomic E-state index is 12.0. The number of carboxylic acids is 1. The van der Waals surface area contributed by atoms with Gasteiger partial charge in [-0.2, -0.15) is 10.4 Å². The van der Waals surface area contributed by atoms with Gasteiger partial charge in [-0.05, 0) is 13.8 Å². The van der Waals surface area contributed by atoms with Crippen molar-refractivity contribution in [1.82, 2.24) is 14.9 Å². The highest BCUT2D eigenvalue weighted by Crippen LogP contribution is 2.18. The van der Waals surface area contributed by atoms with Crippen LogP contribution in [-0.2, 0) is 10.0 Å². The third kappa shape index (κ3) is 2.85. The van der Waals surface area contributed by atoms with E-state index >= 15 is 0 Å². The molecular weight excluding hydrogens is 260 g/mol. The fourth-order valence-corrected chi connectivity index (χ4v) is 2.96. The van der Waals surface area contributed by atoms with Crippen LogP contribution in [0.2, 0.25) is 0 Å². The lowest BCUT2D eigenvalue weighted by Crippen LogP contribution is -2.33. The summed E-state index contributed by atoms with van der Waals surface area (Å²) in [5.41, 5.74) is -0.437. The van der Waals surface area contributed by atoms with Crippen LogP contribution in [0, 0.1) is 18.3 Å². The quantitative estimate of drug-likeness (QED) is 0.690. The average molecular weight is 272 g/mol. The highest BCUT2D eigenvalue weighted by atomic mass is 32.2.